The number of pyridine rings is 1. The Morgan fingerprint density at radius 1 is 0.974 bits per heavy atom. The fraction of sp³-hybridized carbons (Fsp3) is 0.241. The molecule has 38 heavy (non-hydrogen) atoms. The van der Waals surface area contributed by atoms with Crippen molar-refractivity contribution in [1.82, 2.24) is 24.5 Å². The Hall–Kier alpha value is -3.68. The number of fused-ring (bicyclic) bond motifs is 1. The van der Waals surface area contributed by atoms with Gasteiger partial charge in [0.2, 0.25) is 0 Å². The number of aromatic nitrogens is 5. The van der Waals surface area contributed by atoms with Crippen molar-refractivity contribution in [3.63, 3.8) is 0 Å². The molecule has 0 spiro atoms. The molecule has 7 nitrogen and oxygen atoms in total. The molecule has 1 amide bonds. The lowest BCUT2D eigenvalue weighted by Gasteiger charge is -2.09. The van der Waals surface area contributed by atoms with Crippen LogP contribution < -0.4 is 5.32 Å². The van der Waals surface area contributed by atoms with E-state index < -0.39 is 0 Å². The van der Waals surface area contributed by atoms with Gasteiger partial charge in [-0.3, -0.25) is 9.48 Å². The number of nitrogens with one attached hydrogen (secondary N) is 1. The average Bonchev–Trinajstić information content (AvgIpc) is 3.86. The van der Waals surface area contributed by atoms with Crippen LogP contribution in [0.15, 0.2) is 67.0 Å². The van der Waals surface area contributed by atoms with E-state index in [0.29, 0.717) is 39.7 Å². The van der Waals surface area contributed by atoms with E-state index in [2.05, 4.69) is 10.4 Å². The molecular weight excluding hydrogens is 519 g/mol. The van der Waals surface area contributed by atoms with Crippen molar-refractivity contribution in [2.75, 3.05) is 5.32 Å². The zero-order valence-corrected chi connectivity index (χ0v) is 22.0. The number of rotatable bonds is 7. The van der Waals surface area contributed by atoms with Crippen molar-refractivity contribution in [3.05, 3.63) is 99.6 Å². The Labute approximate surface area is 229 Å². The Morgan fingerprint density at radius 3 is 2.50 bits per heavy atom. The highest BCUT2D eigenvalue weighted by Gasteiger charge is 2.34. The highest BCUT2D eigenvalue weighted by atomic mass is 35.5. The van der Waals surface area contributed by atoms with Crippen LogP contribution in [0.5, 0.6) is 0 Å². The molecular formula is C29H24Cl2N6O. The second-order valence-corrected chi connectivity index (χ2v) is 10.9. The van der Waals surface area contributed by atoms with Gasteiger partial charge in [-0.2, -0.15) is 10.2 Å². The highest BCUT2D eigenvalue weighted by Crippen LogP contribution is 2.45. The summed E-state index contributed by atoms with van der Waals surface area (Å²) in [5.74, 6) is 0.572. The number of para-hydroxylation sites is 1. The van der Waals surface area contributed by atoms with Crippen LogP contribution in [0.25, 0.3) is 16.7 Å². The first-order valence-electron chi connectivity index (χ1n) is 12.8. The minimum atomic E-state index is -0.178. The van der Waals surface area contributed by atoms with Crippen LogP contribution in [0.1, 0.15) is 64.8 Å². The first-order valence-corrected chi connectivity index (χ1v) is 13.6. The van der Waals surface area contributed by atoms with Crippen molar-refractivity contribution in [3.8, 4) is 5.69 Å². The molecule has 3 aromatic heterocycles. The van der Waals surface area contributed by atoms with Crippen LogP contribution in [0.3, 0.4) is 0 Å². The maximum absolute atomic E-state index is 13.8. The number of hydrogen-bond donors (Lipinski definition) is 1. The van der Waals surface area contributed by atoms with Crippen molar-refractivity contribution in [1.29, 1.82) is 0 Å². The maximum Gasteiger partial charge on any atom is 0.256 e. The summed E-state index contributed by atoms with van der Waals surface area (Å²) >= 11 is 12.2. The third-order valence-electron chi connectivity index (χ3n) is 7.11. The summed E-state index contributed by atoms with van der Waals surface area (Å²) < 4.78 is 3.66. The van der Waals surface area contributed by atoms with Crippen LogP contribution in [0, 0.1) is 0 Å². The number of nitrogens with zero attached hydrogens (tertiary/aromatic N) is 5. The summed E-state index contributed by atoms with van der Waals surface area (Å²) in [5.41, 5.74) is 5.82. The summed E-state index contributed by atoms with van der Waals surface area (Å²) in [4.78, 5) is 18.8. The zero-order chi connectivity index (χ0) is 25.8. The monoisotopic (exact) mass is 542 g/mol. The Kier molecular flexibility index (Phi) is 5.71. The van der Waals surface area contributed by atoms with E-state index in [1.807, 2.05) is 59.4 Å². The molecule has 2 aromatic carbocycles. The molecule has 2 fully saturated rings. The second kappa shape index (κ2) is 9.26. The molecule has 190 valence electrons. The van der Waals surface area contributed by atoms with Gasteiger partial charge in [0, 0.05) is 23.7 Å². The number of carbonyl (C=O) groups is 1. The van der Waals surface area contributed by atoms with Crippen LogP contribution in [0.2, 0.25) is 10.0 Å². The molecule has 5 aromatic rings. The topological polar surface area (TPSA) is 77.6 Å². The molecule has 2 aliphatic carbocycles. The predicted molar refractivity (Wildman–Crippen MR) is 149 cm³/mol. The first-order chi connectivity index (χ1) is 18.5. The van der Waals surface area contributed by atoms with Gasteiger partial charge >= 0.3 is 0 Å². The Morgan fingerprint density at radius 2 is 1.76 bits per heavy atom. The van der Waals surface area contributed by atoms with Gasteiger partial charge < -0.3 is 5.32 Å². The summed E-state index contributed by atoms with van der Waals surface area (Å²) in [5, 5.41) is 14.3. The van der Waals surface area contributed by atoms with Crippen molar-refractivity contribution >= 4 is 45.8 Å². The van der Waals surface area contributed by atoms with Gasteiger partial charge in [0.15, 0.2) is 5.65 Å². The molecule has 1 N–H and O–H groups in total. The third kappa shape index (κ3) is 4.46. The standard InChI is InChI=1S/C29H24Cl2N6O/c30-23-11-6-17(12-24(23)31)15-36-16-20(14-32-36)33-29(38)22-13-25(18-7-8-18)34-28-26(22)27(19-9-10-19)35-37(28)21-4-2-1-3-5-21/h1-6,11-14,16,18-19H,7-10,15H2,(H,33,38). The summed E-state index contributed by atoms with van der Waals surface area (Å²) in [6, 6.07) is 17.5. The third-order valence-corrected chi connectivity index (χ3v) is 7.85. The van der Waals surface area contributed by atoms with Gasteiger partial charge in [0.25, 0.3) is 5.91 Å². The smallest absolute Gasteiger partial charge is 0.256 e. The molecule has 7 rings (SSSR count). The van der Waals surface area contributed by atoms with E-state index in [4.69, 9.17) is 33.3 Å². The highest BCUT2D eigenvalue weighted by molar-refractivity contribution is 6.42. The van der Waals surface area contributed by atoms with Crippen molar-refractivity contribution in [2.45, 2.75) is 44.1 Å². The van der Waals surface area contributed by atoms with Gasteiger partial charge in [-0.25, -0.2) is 9.67 Å². The van der Waals surface area contributed by atoms with E-state index >= 15 is 0 Å². The fourth-order valence-corrected chi connectivity index (χ4v) is 5.18. The van der Waals surface area contributed by atoms with Crippen molar-refractivity contribution in [2.24, 2.45) is 0 Å². The predicted octanol–water partition coefficient (Wildman–Crippen LogP) is 6.98. The van der Waals surface area contributed by atoms with Gasteiger partial charge in [0.05, 0.1) is 50.8 Å². The van der Waals surface area contributed by atoms with E-state index in [-0.39, 0.29) is 5.91 Å². The van der Waals surface area contributed by atoms with Crippen molar-refractivity contribution < 1.29 is 4.79 Å². The number of benzene rings is 2. The lowest BCUT2D eigenvalue weighted by atomic mass is 10.0. The quantitative estimate of drug-likeness (QED) is 0.240. The normalized spacial score (nSPS) is 15.2. The molecule has 0 saturated heterocycles. The SMILES string of the molecule is O=C(Nc1cnn(Cc2ccc(Cl)c(Cl)c2)c1)c1cc(C2CC2)nc2c1c(C1CC1)nn2-c1ccccc1. The van der Waals surface area contributed by atoms with E-state index in [1.54, 1.807) is 16.9 Å². The van der Waals surface area contributed by atoms with Crippen LogP contribution >= 0.6 is 23.2 Å². The van der Waals surface area contributed by atoms with E-state index in [9.17, 15) is 4.79 Å². The van der Waals surface area contributed by atoms with Gasteiger partial charge in [-0.1, -0.05) is 47.5 Å². The van der Waals surface area contributed by atoms with Crippen LogP contribution in [-0.2, 0) is 6.54 Å². The summed E-state index contributed by atoms with van der Waals surface area (Å²) in [6.07, 6.45) is 7.81. The number of carbonyl (C=O) groups excluding carboxylic acids is 1. The summed E-state index contributed by atoms with van der Waals surface area (Å²) in [6.45, 7) is 0.508. The lowest BCUT2D eigenvalue weighted by molar-refractivity contribution is 0.102. The van der Waals surface area contributed by atoms with Crippen LogP contribution in [-0.4, -0.2) is 30.5 Å². The second-order valence-electron chi connectivity index (χ2n) is 10.1. The van der Waals surface area contributed by atoms with Gasteiger partial charge in [-0.15, -0.1) is 0 Å². The lowest BCUT2D eigenvalue weighted by Crippen LogP contribution is -2.13. The average molecular weight is 543 g/mol. The van der Waals surface area contributed by atoms with Gasteiger partial charge in [-0.05, 0) is 61.6 Å². The van der Waals surface area contributed by atoms with Gasteiger partial charge in [0.1, 0.15) is 0 Å². The van der Waals surface area contributed by atoms with Crippen LogP contribution in [0.4, 0.5) is 5.69 Å². The fourth-order valence-electron chi connectivity index (χ4n) is 4.86. The molecule has 2 saturated carbocycles. The molecule has 0 bridgehead atoms. The van der Waals surface area contributed by atoms with E-state index in [1.165, 1.54) is 0 Å². The maximum atomic E-state index is 13.8. The Bertz CT molecular complexity index is 1680. The molecule has 2 aliphatic rings. The molecule has 9 heteroatoms. The number of amides is 1. The molecule has 3 heterocycles. The van der Waals surface area contributed by atoms with E-state index in [0.717, 1.165) is 59.4 Å². The number of hydrogen-bond acceptors (Lipinski definition) is 4. The zero-order valence-electron chi connectivity index (χ0n) is 20.4. The molecule has 0 aliphatic heterocycles. The number of anilines is 1. The first kappa shape index (κ1) is 23.4. The Balaban J connectivity index is 1.24. The minimum Gasteiger partial charge on any atom is -0.319 e. The summed E-state index contributed by atoms with van der Waals surface area (Å²) in [7, 11) is 0. The molecule has 0 atom stereocenters. The molecule has 0 unspecified atom stereocenters. The largest absolute Gasteiger partial charge is 0.319 e. The number of halogens is 2. The minimum absolute atomic E-state index is 0.178. The molecule has 0 radical (unpaired) electrons.